The summed E-state index contributed by atoms with van der Waals surface area (Å²) in [4.78, 5) is 26.9. The molecule has 10 nitrogen and oxygen atoms in total. The van der Waals surface area contributed by atoms with Crippen molar-refractivity contribution in [2.75, 3.05) is 40.8 Å². The molecule has 2 heterocycles. The lowest BCUT2D eigenvalue weighted by atomic mass is 9.87. The number of likely N-dealkylation sites (N-methyl/N-ethyl adjacent to an activating group) is 1. The van der Waals surface area contributed by atoms with Gasteiger partial charge in [-0.25, -0.2) is 9.59 Å². The third-order valence-corrected chi connectivity index (χ3v) is 5.63. The van der Waals surface area contributed by atoms with E-state index in [1.54, 1.807) is 30.3 Å². The van der Waals surface area contributed by atoms with Crippen LogP contribution in [-0.4, -0.2) is 67.9 Å². The number of carbonyl (C=O) groups is 2. The van der Waals surface area contributed by atoms with Crippen molar-refractivity contribution < 1.29 is 43.5 Å². The molecule has 0 radical (unpaired) electrons. The van der Waals surface area contributed by atoms with Gasteiger partial charge in [-0.2, -0.15) is 0 Å². The van der Waals surface area contributed by atoms with E-state index in [9.17, 15) is 19.8 Å². The zero-order valence-corrected chi connectivity index (χ0v) is 18.4. The minimum absolute atomic E-state index is 0.0375. The first-order valence-electron chi connectivity index (χ1n) is 10.4. The van der Waals surface area contributed by atoms with Crippen LogP contribution in [0.25, 0.3) is 21.9 Å². The van der Waals surface area contributed by atoms with Gasteiger partial charge in [0.1, 0.15) is 17.9 Å². The first-order chi connectivity index (χ1) is 16.4. The lowest BCUT2D eigenvalue weighted by Crippen LogP contribution is -2.21. The molecule has 0 unspecified atom stereocenters. The first kappa shape index (κ1) is 21.7. The summed E-state index contributed by atoms with van der Waals surface area (Å²) in [5.41, 5.74) is -0.258. The average molecular weight is 467 g/mol. The predicted octanol–water partition coefficient (Wildman–Crippen LogP) is 3.30. The maximum absolute atomic E-state index is 12.6. The number of carboxylic acids is 2. The van der Waals surface area contributed by atoms with E-state index in [1.807, 2.05) is 19.0 Å². The summed E-state index contributed by atoms with van der Waals surface area (Å²) < 4.78 is 28.0. The molecule has 0 atom stereocenters. The van der Waals surface area contributed by atoms with Crippen LogP contribution < -0.4 is 23.7 Å². The van der Waals surface area contributed by atoms with E-state index in [-0.39, 0.29) is 31.5 Å². The fourth-order valence-corrected chi connectivity index (χ4v) is 4.15. The molecule has 0 spiro atoms. The second-order valence-corrected chi connectivity index (χ2v) is 8.01. The summed E-state index contributed by atoms with van der Waals surface area (Å²) in [6.07, 6.45) is 0. The van der Waals surface area contributed by atoms with Crippen molar-refractivity contribution >= 4 is 22.7 Å². The number of fused-ring (bicyclic) bond motifs is 4. The van der Waals surface area contributed by atoms with Crippen molar-refractivity contribution in [1.29, 1.82) is 0 Å². The molecule has 2 aliphatic heterocycles. The molecule has 0 amide bonds. The van der Waals surface area contributed by atoms with E-state index in [0.29, 0.717) is 45.9 Å². The van der Waals surface area contributed by atoms with E-state index < -0.39 is 23.1 Å². The second-order valence-electron chi connectivity index (χ2n) is 8.01. The average Bonchev–Trinajstić information content (AvgIpc) is 3.46. The highest BCUT2D eigenvalue weighted by Gasteiger charge is 2.33. The van der Waals surface area contributed by atoms with Gasteiger partial charge in [0.05, 0.1) is 5.56 Å². The van der Waals surface area contributed by atoms with Gasteiger partial charge in [0.25, 0.3) is 0 Å². The van der Waals surface area contributed by atoms with E-state index in [1.165, 1.54) is 0 Å². The number of hydrogen-bond acceptors (Lipinski definition) is 8. The molecule has 0 aromatic heterocycles. The summed E-state index contributed by atoms with van der Waals surface area (Å²) in [6.45, 7) is 0.641. The van der Waals surface area contributed by atoms with Crippen LogP contribution in [0.5, 0.6) is 28.7 Å². The Morgan fingerprint density at radius 2 is 1.59 bits per heavy atom. The molecule has 34 heavy (non-hydrogen) atoms. The largest absolute Gasteiger partial charge is 0.491 e. The number of nitrogens with zero attached hydrogens (tertiary/aromatic N) is 1. The van der Waals surface area contributed by atoms with Gasteiger partial charge in [-0.05, 0) is 43.9 Å². The van der Waals surface area contributed by atoms with Crippen LogP contribution in [0, 0.1) is 0 Å². The van der Waals surface area contributed by atoms with Gasteiger partial charge in [-0.15, -0.1) is 0 Å². The smallest absolute Gasteiger partial charge is 0.340 e. The Morgan fingerprint density at radius 3 is 2.32 bits per heavy atom. The molecule has 0 aliphatic carbocycles. The molecule has 2 N–H and O–H groups in total. The van der Waals surface area contributed by atoms with Gasteiger partial charge in [0, 0.05) is 22.9 Å². The first-order valence-corrected chi connectivity index (χ1v) is 10.4. The molecule has 0 saturated heterocycles. The molecule has 10 heteroatoms. The number of ether oxygens (including phenoxy) is 5. The molecule has 0 saturated carbocycles. The lowest BCUT2D eigenvalue weighted by Gasteiger charge is -2.21. The van der Waals surface area contributed by atoms with Gasteiger partial charge in [0.15, 0.2) is 23.0 Å². The molecule has 0 fully saturated rings. The second kappa shape index (κ2) is 8.31. The highest BCUT2D eigenvalue weighted by atomic mass is 16.7. The zero-order chi connectivity index (χ0) is 24.0. The molecule has 3 aromatic carbocycles. The molecule has 0 bridgehead atoms. The Hall–Kier alpha value is -4.18. The molecular formula is C24H21NO9. The Morgan fingerprint density at radius 1 is 0.912 bits per heavy atom. The summed E-state index contributed by atoms with van der Waals surface area (Å²) in [5, 5.41) is 21.2. The predicted molar refractivity (Wildman–Crippen MR) is 120 cm³/mol. The SMILES string of the molecule is CN(C)CCOc1c(C(=O)O)c(C(=O)O)c(-c2ccc3c(c2)OCO3)c2c3c(ccc12)OCO3. The van der Waals surface area contributed by atoms with E-state index in [4.69, 9.17) is 23.7 Å². The van der Waals surface area contributed by atoms with Crippen molar-refractivity contribution in [3.63, 3.8) is 0 Å². The van der Waals surface area contributed by atoms with Crippen molar-refractivity contribution in [2.24, 2.45) is 0 Å². The van der Waals surface area contributed by atoms with Crippen LogP contribution in [0.4, 0.5) is 0 Å². The standard InChI is InChI=1S/C24H21NO9/c1-25(2)7-8-30-21-13-4-6-15-22(34-11-32-15)18(13)17(19(23(26)27)20(21)24(28)29)12-3-5-14-16(9-12)33-10-31-14/h3-6,9H,7-8,10-11H2,1-2H3,(H,26,27)(H,28,29). The maximum Gasteiger partial charge on any atom is 0.340 e. The van der Waals surface area contributed by atoms with E-state index in [0.717, 1.165) is 0 Å². The fraction of sp³-hybridized carbons (Fsp3) is 0.250. The Balaban J connectivity index is 1.88. The highest BCUT2D eigenvalue weighted by molar-refractivity contribution is 6.19. The highest BCUT2D eigenvalue weighted by Crippen LogP contribution is 2.51. The van der Waals surface area contributed by atoms with Crippen LogP contribution in [0.1, 0.15) is 20.7 Å². The number of carboxylic acid groups (broad SMARTS) is 2. The van der Waals surface area contributed by atoms with Crippen LogP contribution in [0.15, 0.2) is 30.3 Å². The van der Waals surface area contributed by atoms with E-state index >= 15 is 0 Å². The fourth-order valence-electron chi connectivity index (χ4n) is 4.15. The van der Waals surface area contributed by atoms with Gasteiger partial charge < -0.3 is 38.8 Å². The molecular weight excluding hydrogens is 446 g/mol. The number of aromatic carboxylic acids is 2. The summed E-state index contributed by atoms with van der Waals surface area (Å²) in [7, 11) is 3.70. The van der Waals surface area contributed by atoms with Crippen molar-refractivity contribution in [2.45, 2.75) is 0 Å². The Bertz CT molecular complexity index is 1330. The quantitative estimate of drug-likeness (QED) is 0.535. The van der Waals surface area contributed by atoms with Gasteiger partial charge >= 0.3 is 11.9 Å². The van der Waals surface area contributed by atoms with Gasteiger partial charge in [-0.1, -0.05) is 6.07 Å². The van der Waals surface area contributed by atoms with E-state index in [2.05, 4.69) is 0 Å². The number of benzene rings is 3. The Kier molecular flexibility index (Phi) is 5.29. The minimum atomic E-state index is -1.42. The molecule has 5 rings (SSSR count). The summed E-state index contributed by atoms with van der Waals surface area (Å²) in [6, 6.07) is 8.23. The third-order valence-electron chi connectivity index (χ3n) is 5.63. The normalized spacial score (nSPS) is 13.5. The summed E-state index contributed by atoms with van der Waals surface area (Å²) in [5.74, 6) is -1.19. The number of rotatable bonds is 7. The minimum Gasteiger partial charge on any atom is -0.491 e. The topological polar surface area (TPSA) is 124 Å². The number of hydrogen-bond donors (Lipinski definition) is 2. The van der Waals surface area contributed by atoms with Crippen LogP contribution >= 0.6 is 0 Å². The Labute approximate surface area is 193 Å². The van der Waals surface area contributed by atoms with Crippen LogP contribution in [0.3, 0.4) is 0 Å². The molecule has 2 aliphatic rings. The van der Waals surface area contributed by atoms with Crippen molar-refractivity contribution in [3.05, 3.63) is 41.5 Å². The molecule has 3 aromatic rings. The third kappa shape index (κ3) is 3.48. The lowest BCUT2D eigenvalue weighted by molar-refractivity contribution is 0.0648. The van der Waals surface area contributed by atoms with Gasteiger partial charge in [0.2, 0.25) is 13.6 Å². The monoisotopic (exact) mass is 467 g/mol. The van der Waals surface area contributed by atoms with Crippen LogP contribution in [0.2, 0.25) is 0 Å². The maximum atomic E-state index is 12.6. The van der Waals surface area contributed by atoms with Gasteiger partial charge in [-0.3, -0.25) is 0 Å². The summed E-state index contributed by atoms with van der Waals surface area (Å²) >= 11 is 0. The molecule has 176 valence electrons. The van der Waals surface area contributed by atoms with Crippen molar-refractivity contribution in [1.82, 2.24) is 4.90 Å². The zero-order valence-electron chi connectivity index (χ0n) is 18.4. The van der Waals surface area contributed by atoms with Crippen LogP contribution in [-0.2, 0) is 0 Å². The van der Waals surface area contributed by atoms with Crippen molar-refractivity contribution in [3.8, 4) is 39.9 Å².